The van der Waals surface area contributed by atoms with Crippen molar-refractivity contribution in [2.24, 2.45) is 5.73 Å². The molecule has 2 rings (SSSR count). The molecule has 2 heteroatoms. The van der Waals surface area contributed by atoms with Gasteiger partial charge in [0.2, 0.25) is 0 Å². The average molecular weight is 126 g/mol. The van der Waals surface area contributed by atoms with Crippen LogP contribution in [0.1, 0.15) is 25.7 Å². The van der Waals surface area contributed by atoms with Crippen LogP contribution in [0.2, 0.25) is 0 Å². The lowest BCUT2D eigenvalue weighted by Gasteiger charge is -2.25. The molecule has 0 radical (unpaired) electrons. The maximum absolute atomic E-state index is 5.82. The summed E-state index contributed by atoms with van der Waals surface area (Å²) in [6.07, 6.45) is 5.13. The molecule has 2 fully saturated rings. The Kier molecular flexibility index (Phi) is 1.24. The van der Waals surface area contributed by atoms with Crippen LogP contribution in [0.5, 0.6) is 0 Å². The molecule has 0 saturated carbocycles. The van der Waals surface area contributed by atoms with E-state index in [9.17, 15) is 0 Å². The summed E-state index contributed by atoms with van der Waals surface area (Å²) in [6, 6.07) is 2.02. The highest BCUT2D eigenvalue weighted by Crippen LogP contribution is 2.25. The van der Waals surface area contributed by atoms with Crippen LogP contribution in [0.15, 0.2) is 0 Å². The molecule has 2 aliphatic rings. The van der Waals surface area contributed by atoms with E-state index in [0.29, 0.717) is 6.04 Å². The molecule has 0 spiro atoms. The SMILES string of the molecule is N[C@@H]1C[C@H]2CC[C@@H](C1)N2. The third kappa shape index (κ3) is 0.970. The fourth-order valence-corrected chi connectivity index (χ4v) is 2.10. The van der Waals surface area contributed by atoms with Crippen LogP contribution < -0.4 is 11.1 Å². The van der Waals surface area contributed by atoms with Crippen molar-refractivity contribution < 1.29 is 0 Å². The van der Waals surface area contributed by atoms with Crippen LogP contribution in [0.3, 0.4) is 0 Å². The van der Waals surface area contributed by atoms with E-state index in [0.717, 1.165) is 12.1 Å². The summed E-state index contributed by atoms with van der Waals surface area (Å²) in [5.41, 5.74) is 5.82. The predicted octanol–water partition coefficient (Wildman–Crippen LogP) is 0.228. The number of nitrogens with one attached hydrogen (secondary N) is 1. The van der Waals surface area contributed by atoms with Gasteiger partial charge >= 0.3 is 0 Å². The molecule has 3 atom stereocenters. The second kappa shape index (κ2) is 1.96. The van der Waals surface area contributed by atoms with Crippen LogP contribution in [-0.2, 0) is 0 Å². The fourth-order valence-electron chi connectivity index (χ4n) is 2.10. The van der Waals surface area contributed by atoms with Gasteiger partial charge in [0, 0.05) is 18.1 Å². The molecule has 0 amide bonds. The minimum Gasteiger partial charge on any atom is -0.328 e. The summed E-state index contributed by atoms with van der Waals surface area (Å²) in [5.74, 6) is 0. The highest BCUT2D eigenvalue weighted by molar-refractivity contribution is 4.93. The molecule has 52 valence electrons. The zero-order valence-electron chi connectivity index (χ0n) is 5.64. The van der Waals surface area contributed by atoms with Gasteiger partial charge in [-0.3, -0.25) is 0 Å². The van der Waals surface area contributed by atoms with Gasteiger partial charge in [-0.1, -0.05) is 0 Å². The van der Waals surface area contributed by atoms with E-state index < -0.39 is 0 Å². The van der Waals surface area contributed by atoms with E-state index >= 15 is 0 Å². The van der Waals surface area contributed by atoms with E-state index in [1.165, 1.54) is 25.7 Å². The molecular formula is C7H14N2. The summed E-state index contributed by atoms with van der Waals surface area (Å²) in [5, 5.41) is 3.54. The number of hydrogen-bond donors (Lipinski definition) is 2. The lowest BCUT2D eigenvalue weighted by atomic mass is 10.0. The molecule has 2 saturated heterocycles. The number of nitrogens with two attached hydrogens (primary N) is 1. The lowest BCUT2D eigenvalue weighted by molar-refractivity contribution is 0.363. The van der Waals surface area contributed by atoms with Crippen LogP contribution in [-0.4, -0.2) is 18.1 Å². The minimum absolute atomic E-state index is 0.490. The first-order valence-electron chi connectivity index (χ1n) is 3.86. The summed E-state index contributed by atoms with van der Waals surface area (Å²) in [7, 11) is 0. The van der Waals surface area contributed by atoms with Crippen LogP contribution in [0.25, 0.3) is 0 Å². The maximum atomic E-state index is 5.82. The second-order valence-corrected chi connectivity index (χ2v) is 3.37. The third-order valence-electron chi connectivity index (χ3n) is 2.51. The number of fused-ring (bicyclic) bond motifs is 2. The molecule has 0 unspecified atom stereocenters. The number of rotatable bonds is 0. The average Bonchev–Trinajstić information content (AvgIpc) is 2.11. The standard InChI is InChI=1S/C7H14N2/c8-5-3-6-1-2-7(4-5)9-6/h5-7,9H,1-4,8H2/t5-,6-,7+. The van der Waals surface area contributed by atoms with Crippen molar-refractivity contribution in [3.8, 4) is 0 Å². The van der Waals surface area contributed by atoms with Gasteiger partial charge in [-0.25, -0.2) is 0 Å². The Morgan fingerprint density at radius 1 is 1.11 bits per heavy atom. The summed E-state index contributed by atoms with van der Waals surface area (Å²) < 4.78 is 0. The molecule has 2 aliphatic heterocycles. The molecule has 0 aromatic carbocycles. The largest absolute Gasteiger partial charge is 0.328 e. The van der Waals surface area contributed by atoms with Crippen molar-refractivity contribution in [3.05, 3.63) is 0 Å². The van der Waals surface area contributed by atoms with Crippen molar-refractivity contribution in [3.63, 3.8) is 0 Å². The van der Waals surface area contributed by atoms with Gasteiger partial charge < -0.3 is 11.1 Å². The molecule has 2 heterocycles. The molecule has 9 heavy (non-hydrogen) atoms. The zero-order valence-corrected chi connectivity index (χ0v) is 5.64. The van der Waals surface area contributed by atoms with Crippen LogP contribution in [0, 0.1) is 0 Å². The van der Waals surface area contributed by atoms with Crippen molar-refractivity contribution in [2.45, 2.75) is 43.8 Å². The molecule has 0 aliphatic carbocycles. The molecule has 2 nitrogen and oxygen atoms in total. The van der Waals surface area contributed by atoms with Gasteiger partial charge in [0.05, 0.1) is 0 Å². The van der Waals surface area contributed by atoms with Crippen molar-refractivity contribution in [1.82, 2.24) is 5.32 Å². The van der Waals surface area contributed by atoms with E-state index in [4.69, 9.17) is 5.73 Å². The van der Waals surface area contributed by atoms with Crippen molar-refractivity contribution >= 4 is 0 Å². The quantitative estimate of drug-likeness (QED) is 0.487. The zero-order chi connectivity index (χ0) is 6.27. The molecule has 2 bridgehead atoms. The Hall–Kier alpha value is -0.0800. The molecular weight excluding hydrogens is 112 g/mol. The van der Waals surface area contributed by atoms with Gasteiger partial charge in [0.25, 0.3) is 0 Å². The Bertz CT molecular complexity index is 101. The fraction of sp³-hybridized carbons (Fsp3) is 1.00. The van der Waals surface area contributed by atoms with Crippen molar-refractivity contribution in [2.75, 3.05) is 0 Å². The Morgan fingerprint density at radius 3 is 2.22 bits per heavy atom. The Balaban J connectivity index is 2.03. The first kappa shape index (κ1) is 5.69. The summed E-state index contributed by atoms with van der Waals surface area (Å²) in [4.78, 5) is 0. The first-order chi connectivity index (χ1) is 4.34. The number of piperidine rings is 1. The Morgan fingerprint density at radius 2 is 1.67 bits per heavy atom. The van der Waals surface area contributed by atoms with E-state index in [1.807, 2.05) is 0 Å². The molecule has 0 aromatic rings. The monoisotopic (exact) mass is 126 g/mol. The topological polar surface area (TPSA) is 38.0 Å². The number of hydrogen-bond acceptors (Lipinski definition) is 2. The van der Waals surface area contributed by atoms with Gasteiger partial charge in [-0.2, -0.15) is 0 Å². The van der Waals surface area contributed by atoms with Gasteiger partial charge in [-0.15, -0.1) is 0 Å². The van der Waals surface area contributed by atoms with E-state index in [1.54, 1.807) is 0 Å². The highest BCUT2D eigenvalue weighted by atomic mass is 15.0. The third-order valence-corrected chi connectivity index (χ3v) is 2.51. The maximum Gasteiger partial charge on any atom is 0.00849 e. The van der Waals surface area contributed by atoms with Gasteiger partial charge in [-0.05, 0) is 25.7 Å². The lowest BCUT2D eigenvalue weighted by Crippen LogP contribution is -2.43. The van der Waals surface area contributed by atoms with E-state index in [2.05, 4.69) is 5.32 Å². The minimum atomic E-state index is 0.490. The molecule has 0 aromatic heterocycles. The first-order valence-corrected chi connectivity index (χ1v) is 3.86. The highest BCUT2D eigenvalue weighted by Gasteiger charge is 2.31. The van der Waals surface area contributed by atoms with Crippen LogP contribution in [0.4, 0.5) is 0 Å². The normalized spacial score (nSPS) is 49.7. The summed E-state index contributed by atoms with van der Waals surface area (Å²) >= 11 is 0. The summed E-state index contributed by atoms with van der Waals surface area (Å²) in [6.45, 7) is 0. The predicted molar refractivity (Wildman–Crippen MR) is 37.2 cm³/mol. The van der Waals surface area contributed by atoms with Crippen LogP contribution >= 0.6 is 0 Å². The smallest absolute Gasteiger partial charge is 0.00849 e. The van der Waals surface area contributed by atoms with Crippen molar-refractivity contribution in [1.29, 1.82) is 0 Å². The van der Waals surface area contributed by atoms with Gasteiger partial charge in [0.15, 0.2) is 0 Å². The van der Waals surface area contributed by atoms with E-state index in [-0.39, 0.29) is 0 Å². The Labute approximate surface area is 55.8 Å². The molecule has 3 N–H and O–H groups in total. The van der Waals surface area contributed by atoms with Gasteiger partial charge in [0.1, 0.15) is 0 Å². The second-order valence-electron chi connectivity index (χ2n) is 3.37.